The van der Waals surface area contributed by atoms with Crippen molar-refractivity contribution in [1.82, 2.24) is 0 Å². The number of allylic oxidation sites excluding steroid dienone is 1. The molecular formula is C23H18FNO2. The number of halogens is 1. The van der Waals surface area contributed by atoms with E-state index in [1.165, 1.54) is 12.1 Å². The molecule has 0 saturated carbocycles. The van der Waals surface area contributed by atoms with Gasteiger partial charge in [0.25, 0.3) is 0 Å². The van der Waals surface area contributed by atoms with Gasteiger partial charge in [0.15, 0.2) is 11.5 Å². The number of ether oxygens (including phenoxy) is 2. The van der Waals surface area contributed by atoms with Gasteiger partial charge in [-0.2, -0.15) is 5.26 Å². The van der Waals surface area contributed by atoms with Crippen LogP contribution in [0.3, 0.4) is 0 Å². The minimum Gasteiger partial charge on any atom is -0.493 e. The number of methoxy groups -OCH3 is 1. The SMILES string of the molecule is COc1cc(/C=C(\C#N)c2cccc(F)c2)ccc1OCc1ccccc1. The highest BCUT2D eigenvalue weighted by molar-refractivity contribution is 5.89. The molecule has 0 unspecified atom stereocenters. The van der Waals surface area contributed by atoms with E-state index in [9.17, 15) is 9.65 Å². The minimum absolute atomic E-state index is 0.370. The first-order chi connectivity index (χ1) is 13.2. The first kappa shape index (κ1) is 18.2. The minimum atomic E-state index is -0.379. The molecule has 0 atom stereocenters. The Morgan fingerprint density at radius 2 is 1.81 bits per heavy atom. The maximum Gasteiger partial charge on any atom is 0.161 e. The van der Waals surface area contributed by atoms with Crippen LogP contribution in [0.1, 0.15) is 16.7 Å². The Morgan fingerprint density at radius 3 is 2.52 bits per heavy atom. The average Bonchev–Trinajstić information content (AvgIpc) is 2.71. The first-order valence-electron chi connectivity index (χ1n) is 8.42. The van der Waals surface area contributed by atoms with Crippen LogP contribution < -0.4 is 9.47 Å². The van der Waals surface area contributed by atoms with Gasteiger partial charge in [0.1, 0.15) is 12.4 Å². The van der Waals surface area contributed by atoms with Crippen molar-refractivity contribution >= 4 is 11.6 Å². The van der Waals surface area contributed by atoms with Crippen LogP contribution in [0.5, 0.6) is 11.5 Å². The molecule has 0 aliphatic carbocycles. The summed E-state index contributed by atoms with van der Waals surface area (Å²) in [6, 6.07) is 23.3. The topological polar surface area (TPSA) is 42.2 Å². The molecule has 27 heavy (non-hydrogen) atoms. The average molecular weight is 359 g/mol. The van der Waals surface area contributed by atoms with Gasteiger partial charge in [0.2, 0.25) is 0 Å². The second-order valence-corrected chi connectivity index (χ2v) is 5.86. The zero-order chi connectivity index (χ0) is 19.1. The normalized spacial score (nSPS) is 10.9. The molecule has 0 radical (unpaired) electrons. The van der Waals surface area contributed by atoms with E-state index < -0.39 is 0 Å². The summed E-state index contributed by atoms with van der Waals surface area (Å²) < 4.78 is 24.7. The van der Waals surface area contributed by atoms with Gasteiger partial charge in [-0.25, -0.2) is 4.39 Å². The van der Waals surface area contributed by atoms with E-state index in [4.69, 9.17) is 9.47 Å². The predicted octanol–water partition coefficient (Wildman–Crippen LogP) is 5.48. The van der Waals surface area contributed by atoms with Crippen molar-refractivity contribution in [3.63, 3.8) is 0 Å². The highest BCUT2D eigenvalue weighted by Gasteiger charge is 2.08. The van der Waals surface area contributed by atoms with Gasteiger partial charge in [-0.1, -0.05) is 48.5 Å². The monoisotopic (exact) mass is 359 g/mol. The van der Waals surface area contributed by atoms with Gasteiger partial charge in [-0.05, 0) is 47.0 Å². The van der Waals surface area contributed by atoms with Crippen molar-refractivity contribution in [3.05, 3.63) is 95.3 Å². The summed E-state index contributed by atoms with van der Waals surface area (Å²) in [6.45, 7) is 0.430. The zero-order valence-corrected chi connectivity index (χ0v) is 14.9. The van der Waals surface area contributed by atoms with Crippen LogP contribution in [0.4, 0.5) is 4.39 Å². The number of rotatable bonds is 6. The fraction of sp³-hybridized carbons (Fsp3) is 0.0870. The molecule has 0 amide bonds. The van der Waals surface area contributed by atoms with Crippen LogP contribution in [0, 0.1) is 17.1 Å². The molecule has 3 aromatic rings. The summed E-state index contributed by atoms with van der Waals surface area (Å²) in [5, 5.41) is 9.43. The summed E-state index contributed by atoms with van der Waals surface area (Å²) in [6.07, 6.45) is 1.69. The maximum absolute atomic E-state index is 13.4. The lowest BCUT2D eigenvalue weighted by molar-refractivity contribution is 0.284. The Morgan fingerprint density at radius 1 is 1.00 bits per heavy atom. The molecule has 0 aromatic heterocycles. The summed E-state index contributed by atoms with van der Waals surface area (Å²) in [7, 11) is 1.57. The molecule has 0 aliphatic rings. The number of hydrogen-bond donors (Lipinski definition) is 0. The summed E-state index contributed by atoms with van der Waals surface area (Å²) in [5.74, 6) is 0.801. The van der Waals surface area contributed by atoms with Crippen molar-refractivity contribution in [2.24, 2.45) is 0 Å². The molecule has 0 fully saturated rings. The van der Waals surface area contributed by atoms with Crippen molar-refractivity contribution in [2.45, 2.75) is 6.61 Å². The first-order valence-corrected chi connectivity index (χ1v) is 8.42. The highest BCUT2D eigenvalue weighted by Crippen LogP contribution is 2.30. The number of hydrogen-bond acceptors (Lipinski definition) is 3. The molecule has 4 heteroatoms. The van der Waals surface area contributed by atoms with Gasteiger partial charge in [0.05, 0.1) is 18.8 Å². The third-order valence-electron chi connectivity index (χ3n) is 3.99. The van der Waals surface area contributed by atoms with Crippen LogP contribution in [-0.4, -0.2) is 7.11 Å². The molecule has 3 aromatic carbocycles. The summed E-state index contributed by atoms with van der Waals surface area (Å²) >= 11 is 0. The molecule has 3 nitrogen and oxygen atoms in total. The Hall–Kier alpha value is -3.58. The van der Waals surface area contributed by atoms with Crippen molar-refractivity contribution < 1.29 is 13.9 Å². The van der Waals surface area contributed by atoms with Crippen molar-refractivity contribution in [2.75, 3.05) is 7.11 Å². The lowest BCUT2D eigenvalue weighted by Crippen LogP contribution is -1.97. The molecular weight excluding hydrogens is 341 g/mol. The van der Waals surface area contributed by atoms with Crippen LogP contribution in [0.15, 0.2) is 72.8 Å². The quantitative estimate of drug-likeness (QED) is 0.432. The Balaban J connectivity index is 1.83. The van der Waals surface area contributed by atoms with E-state index in [0.717, 1.165) is 11.1 Å². The zero-order valence-electron chi connectivity index (χ0n) is 14.9. The third kappa shape index (κ3) is 4.74. The number of nitrogens with zero attached hydrogens (tertiary/aromatic N) is 1. The van der Waals surface area contributed by atoms with E-state index in [-0.39, 0.29) is 5.82 Å². The van der Waals surface area contributed by atoms with Gasteiger partial charge >= 0.3 is 0 Å². The van der Waals surface area contributed by atoms with E-state index in [1.54, 1.807) is 37.5 Å². The Labute approximate surface area is 157 Å². The molecule has 0 N–H and O–H groups in total. The smallest absolute Gasteiger partial charge is 0.161 e. The van der Waals surface area contributed by atoms with Crippen molar-refractivity contribution in [3.8, 4) is 17.6 Å². The van der Waals surface area contributed by atoms with Crippen LogP contribution in [0.25, 0.3) is 11.6 Å². The highest BCUT2D eigenvalue weighted by atomic mass is 19.1. The number of benzene rings is 3. The third-order valence-corrected chi connectivity index (χ3v) is 3.99. The lowest BCUT2D eigenvalue weighted by atomic mass is 10.0. The Bertz CT molecular complexity index is 991. The Kier molecular flexibility index (Phi) is 5.86. The molecule has 0 heterocycles. The van der Waals surface area contributed by atoms with E-state index in [0.29, 0.717) is 29.2 Å². The fourth-order valence-electron chi connectivity index (χ4n) is 2.63. The molecule has 3 rings (SSSR count). The molecule has 0 aliphatic heterocycles. The van der Waals surface area contributed by atoms with Gasteiger partial charge < -0.3 is 9.47 Å². The molecule has 134 valence electrons. The van der Waals surface area contributed by atoms with Gasteiger partial charge in [-0.15, -0.1) is 0 Å². The molecule has 0 spiro atoms. The largest absolute Gasteiger partial charge is 0.493 e. The van der Waals surface area contributed by atoms with Crippen molar-refractivity contribution in [1.29, 1.82) is 5.26 Å². The van der Waals surface area contributed by atoms with Crippen LogP contribution in [0.2, 0.25) is 0 Å². The standard InChI is InChI=1S/C23H18FNO2/c1-26-23-13-18(12-20(15-25)19-8-5-9-21(24)14-19)10-11-22(23)27-16-17-6-3-2-4-7-17/h2-14H,16H2,1H3/b20-12+. The van der Waals surface area contributed by atoms with Gasteiger partial charge in [-0.3, -0.25) is 0 Å². The summed E-state index contributed by atoms with van der Waals surface area (Å²) in [4.78, 5) is 0. The second-order valence-electron chi connectivity index (χ2n) is 5.86. The predicted molar refractivity (Wildman–Crippen MR) is 104 cm³/mol. The van der Waals surface area contributed by atoms with Gasteiger partial charge in [0, 0.05) is 0 Å². The number of nitriles is 1. The van der Waals surface area contributed by atoms with Crippen LogP contribution in [-0.2, 0) is 6.61 Å². The maximum atomic E-state index is 13.4. The van der Waals surface area contributed by atoms with Crippen LogP contribution >= 0.6 is 0 Å². The fourth-order valence-corrected chi connectivity index (χ4v) is 2.63. The lowest BCUT2D eigenvalue weighted by Gasteiger charge is -2.11. The van der Waals surface area contributed by atoms with E-state index in [2.05, 4.69) is 6.07 Å². The molecule has 0 saturated heterocycles. The van der Waals surface area contributed by atoms with E-state index in [1.807, 2.05) is 36.4 Å². The van der Waals surface area contributed by atoms with E-state index >= 15 is 0 Å². The second kappa shape index (κ2) is 8.68. The molecule has 0 bridgehead atoms. The summed E-state index contributed by atoms with van der Waals surface area (Å²) in [5.41, 5.74) is 2.72.